The topological polar surface area (TPSA) is 84.9 Å². The molecule has 1 fully saturated rings. The van der Waals surface area contributed by atoms with Gasteiger partial charge in [-0.1, -0.05) is 48.5 Å². The molecule has 0 saturated carbocycles. The summed E-state index contributed by atoms with van der Waals surface area (Å²) in [5.74, 6) is -0.504. The Balaban J connectivity index is 1.49. The number of hydrogen-bond acceptors (Lipinski definition) is 6. The average Bonchev–Trinajstić information content (AvgIpc) is 3.22. The summed E-state index contributed by atoms with van der Waals surface area (Å²) >= 11 is 0. The van der Waals surface area contributed by atoms with E-state index in [0.717, 1.165) is 16.8 Å². The largest absolute Gasteiger partial charge is 0.465 e. The van der Waals surface area contributed by atoms with Crippen molar-refractivity contribution in [3.8, 4) is 0 Å². The van der Waals surface area contributed by atoms with Crippen molar-refractivity contribution in [2.75, 3.05) is 25.5 Å². The second-order valence-electron chi connectivity index (χ2n) is 8.74. The molecule has 2 heterocycles. The number of amides is 1. The third kappa shape index (κ3) is 3.57. The van der Waals surface area contributed by atoms with Crippen LogP contribution in [0.3, 0.4) is 0 Å². The van der Waals surface area contributed by atoms with Gasteiger partial charge in [-0.15, -0.1) is 0 Å². The summed E-state index contributed by atoms with van der Waals surface area (Å²) in [5.41, 5.74) is 2.95. The number of Topliss-reactive ketones (excluding diaryl/α,β-unsaturated/α-hetero) is 1. The van der Waals surface area contributed by atoms with Crippen molar-refractivity contribution < 1.29 is 23.9 Å². The predicted molar refractivity (Wildman–Crippen MR) is 126 cm³/mol. The first-order valence-electron chi connectivity index (χ1n) is 11.4. The van der Waals surface area contributed by atoms with Crippen molar-refractivity contribution in [1.29, 1.82) is 0 Å². The molecule has 1 N–H and O–H groups in total. The maximum atomic E-state index is 13.9. The zero-order valence-electron chi connectivity index (χ0n) is 19.0. The molecule has 2 aromatic carbocycles. The van der Waals surface area contributed by atoms with Crippen LogP contribution in [-0.4, -0.2) is 42.9 Å². The number of allylic oxidation sites excluding steroid dienone is 2. The second-order valence-corrected chi connectivity index (χ2v) is 8.74. The Bertz CT molecular complexity index is 1220. The Morgan fingerprint density at radius 1 is 1.06 bits per heavy atom. The number of fused-ring (bicyclic) bond motifs is 2. The molecule has 1 saturated heterocycles. The average molecular weight is 459 g/mol. The van der Waals surface area contributed by atoms with E-state index in [4.69, 9.17) is 9.47 Å². The van der Waals surface area contributed by atoms with Gasteiger partial charge in [-0.25, -0.2) is 9.59 Å². The van der Waals surface area contributed by atoms with Gasteiger partial charge >= 0.3 is 12.1 Å². The van der Waals surface area contributed by atoms with Crippen molar-refractivity contribution in [2.45, 2.75) is 31.3 Å². The van der Waals surface area contributed by atoms with Crippen LogP contribution < -0.4 is 5.32 Å². The lowest BCUT2D eigenvalue weighted by Crippen LogP contribution is -2.44. The van der Waals surface area contributed by atoms with Gasteiger partial charge in [0.2, 0.25) is 0 Å². The molecule has 7 heteroatoms. The highest BCUT2D eigenvalue weighted by Crippen LogP contribution is 2.52. The number of carbonyl (C=O) groups excluding carboxylic acids is 3. The first-order valence-corrected chi connectivity index (χ1v) is 11.4. The Morgan fingerprint density at radius 3 is 2.62 bits per heavy atom. The molecule has 0 radical (unpaired) electrons. The lowest BCUT2D eigenvalue weighted by atomic mass is 9.67. The number of hydrogen-bond donors (Lipinski definition) is 1. The van der Waals surface area contributed by atoms with Gasteiger partial charge in [-0.05, 0) is 48.1 Å². The summed E-state index contributed by atoms with van der Waals surface area (Å²) in [5, 5.41) is 3.32. The molecule has 2 aromatic rings. The SMILES string of the molecule is COC(=O)C1=C2Nc3ccccc3[C@@]23CCN(C(=O)OCc2ccccc2)CCCC(=C1)C3=O. The maximum absolute atomic E-state index is 13.9. The molecule has 1 aliphatic carbocycles. The summed E-state index contributed by atoms with van der Waals surface area (Å²) in [4.78, 5) is 41.3. The molecule has 0 aromatic heterocycles. The number of carbonyl (C=O) groups is 3. The summed E-state index contributed by atoms with van der Waals surface area (Å²) in [7, 11) is 1.34. The number of methoxy groups -OCH3 is 1. The molecule has 3 aliphatic rings. The van der Waals surface area contributed by atoms with E-state index in [1.54, 1.807) is 11.0 Å². The van der Waals surface area contributed by atoms with E-state index in [9.17, 15) is 14.4 Å². The molecule has 0 unspecified atom stereocenters. The number of nitrogens with one attached hydrogen (secondary N) is 1. The summed E-state index contributed by atoms with van der Waals surface area (Å²) in [6.45, 7) is 0.973. The molecule has 174 valence electrons. The van der Waals surface area contributed by atoms with Crippen molar-refractivity contribution >= 4 is 23.5 Å². The molecule has 7 nitrogen and oxygen atoms in total. The van der Waals surface area contributed by atoms with E-state index in [-0.39, 0.29) is 12.4 Å². The predicted octanol–water partition coefficient (Wildman–Crippen LogP) is 4.11. The van der Waals surface area contributed by atoms with Gasteiger partial charge in [-0.3, -0.25) is 4.79 Å². The fourth-order valence-electron chi connectivity index (χ4n) is 5.16. The lowest BCUT2D eigenvalue weighted by Gasteiger charge is -2.35. The molecule has 2 bridgehead atoms. The first kappa shape index (κ1) is 21.9. The van der Waals surface area contributed by atoms with Crippen LogP contribution in [0.2, 0.25) is 0 Å². The van der Waals surface area contributed by atoms with E-state index in [1.807, 2.05) is 54.6 Å². The number of benzene rings is 2. The summed E-state index contributed by atoms with van der Waals surface area (Å²) in [6, 6.07) is 17.1. The van der Waals surface area contributed by atoms with Crippen molar-refractivity contribution in [3.63, 3.8) is 0 Å². The highest BCUT2D eigenvalue weighted by atomic mass is 16.6. The number of anilines is 1. The molecular formula is C27H26N2O5. The highest BCUT2D eigenvalue weighted by molar-refractivity contribution is 6.14. The van der Waals surface area contributed by atoms with E-state index >= 15 is 0 Å². The monoisotopic (exact) mass is 458 g/mol. The summed E-state index contributed by atoms with van der Waals surface area (Å²) < 4.78 is 10.6. The van der Waals surface area contributed by atoms with Gasteiger partial charge in [0.1, 0.15) is 12.0 Å². The standard InChI is InChI=1S/C27H26N2O5/c1-33-25(31)20-16-19-10-7-14-29(26(32)34-17-18-8-3-2-4-9-18)15-13-27(24(19)30)21-11-5-6-12-22(21)28-23(20)27/h2-6,8-9,11-12,16,28H,7,10,13-15,17H2,1H3/t27-/m0/s1. The minimum atomic E-state index is -1.06. The number of para-hydroxylation sites is 1. The van der Waals surface area contributed by atoms with E-state index in [0.29, 0.717) is 49.2 Å². The second kappa shape index (κ2) is 8.82. The van der Waals surface area contributed by atoms with Crippen LogP contribution in [-0.2, 0) is 31.1 Å². The fourth-order valence-corrected chi connectivity index (χ4v) is 5.16. The third-order valence-corrected chi connectivity index (χ3v) is 6.84. The van der Waals surface area contributed by atoms with Crippen LogP contribution in [0.25, 0.3) is 0 Å². The molecule has 5 rings (SSSR count). The van der Waals surface area contributed by atoms with E-state index in [2.05, 4.69) is 5.32 Å². The smallest absolute Gasteiger partial charge is 0.410 e. The Labute approximate surface area is 198 Å². The van der Waals surface area contributed by atoms with Gasteiger partial charge in [0.15, 0.2) is 5.78 Å². The Hall–Kier alpha value is -3.87. The van der Waals surface area contributed by atoms with Gasteiger partial charge in [0.25, 0.3) is 0 Å². The van der Waals surface area contributed by atoms with Gasteiger partial charge < -0.3 is 19.7 Å². The van der Waals surface area contributed by atoms with Gasteiger partial charge in [-0.2, -0.15) is 0 Å². The normalized spacial score (nSPS) is 21.3. The minimum Gasteiger partial charge on any atom is -0.465 e. The Kier molecular flexibility index (Phi) is 5.69. The summed E-state index contributed by atoms with van der Waals surface area (Å²) in [6.07, 6.45) is 2.63. The Morgan fingerprint density at radius 2 is 1.82 bits per heavy atom. The minimum absolute atomic E-state index is 0.0212. The molecule has 2 aliphatic heterocycles. The fraction of sp³-hybridized carbons (Fsp3) is 0.296. The molecular weight excluding hydrogens is 432 g/mol. The number of esters is 1. The number of ether oxygens (including phenoxy) is 2. The van der Waals surface area contributed by atoms with Crippen molar-refractivity contribution in [3.05, 3.63) is 88.6 Å². The van der Waals surface area contributed by atoms with Crippen LogP contribution in [0, 0.1) is 0 Å². The number of ketones is 1. The zero-order valence-corrected chi connectivity index (χ0v) is 19.0. The quantitative estimate of drug-likeness (QED) is 0.697. The van der Waals surface area contributed by atoms with Gasteiger partial charge in [0.05, 0.1) is 12.7 Å². The number of nitrogens with zero attached hydrogens (tertiary/aromatic N) is 1. The van der Waals surface area contributed by atoms with E-state index in [1.165, 1.54) is 7.11 Å². The van der Waals surface area contributed by atoms with E-state index < -0.39 is 17.5 Å². The maximum Gasteiger partial charge on any atom is 0.410 e. The van der Waals surface area contributed by atoms with Crippen LogP contribution in [0.5, 0.6) is 0 Å². The van der Waals surface area contributed by atoms with Crippen molar-refractivity contribution in [1.82, 2.24) is 4.90 Å². The zero-order chi connectivity index (χ0) is 23.7. The number of rotatable bonds is 3. The van der Waals surface area contributed by atoms with Crippen LogP contribution in [0.4, 0.5) is 10.5 Å². The van der Waals surface area contributed by atoms with Crippen LogP contribution >= 0.6 is 0 Å². The molecule has 1 amide bonds. The van der Waals surface area contributed by atoms with Crippen LogP contribution in [0.1, 0.15) is 30.4 Å². The molecule has 1 spiro atoms. The highest BCUT2D eigenvalue weighted by Gasteiger charge is 2.54. The molecule has 34 heavy (non-hydrogen) atoms. The van der Waals surface area contributed by atoms with Crippen LogP contribution in [0.15, 0.2) is 77.5 Å². The lowest BCUT2D eigenvalue weighted by molar-refractivity contribution is -0.135. The van der Waals surface area contributed by atoms with Gasteiger partial charge in [0, 0.05) is 24.5 Å². The van der Waals surface area contributed by atoms with Crippen molar-refractivity contribution in [2.24, 2.45) is 0 Å². The first-order chi connectivity index (χ1) is 16.5. The third-order valence-electron chi connectivity index (χ3n) is 6.84. The molecule has 1 atom stereocenters.